The van der Waals surface area contributed by atoms with Gasteiger partial charge in [0.05, 0.1) is 12.8 Å². The van der Waals surface area contributed by atoms with Crippen LogP contribution in [0.3, 0.4) is 0 Å². The van der Waals surface area contributed by atoms with Crippen LogP contribution in [0, 0.1) is 0 Å². The number of carbonyl (C=O) groups is 1. The molecule has 1 amide bonds. The van der Waals surface area contributed by atoms with Crippen molar-refractivity contribution in [1.82, 2.24) is 14.9 Å². The Morgan fingerprint density at radius 3 is 2.44 bits per heavy atom. The van der Waals surface area contributed by atoms with Crippen LogP contribution in [0.15, 0.2) is 54.7 Å². The van der Waals surface area contributed by atoms with Gasteiger partial charge in [-0.25, -0.2) is 4.98 Å². The summed E-state index contributed by atoms with van der Waals surface area (Å²) in [7, 11) is 1.58. The number of benzene rings is 2. The SMILES string of the molecule is COc1ccc(-n2cc(CNCCCO)nc2NC(=O)c2ccc(OC(F)F)cc2)cc1. The van der Waals surface area contributed by atoms with Gasteiger partial charge in [-0.2, -0.15) is 8.78 Å². The number of carbonyl (C=O) groups excluding carboxylic acids is 1. The second-order valence-corrected chi connectivity index (χ2v) is 6.73. The molecule has 10 heteroatoms. The molecule has 0 aliphatic carbocycles. The van der Waals surface area contributed by atoms with Crippen molar-refractivity contribution < 1.29 is 28.2 Å². The minimum absolute atomic E-state index is 0.0347. The number of imidazole rings is 1. The molecule has 0 spiro atoms. The Bertz CT molecular complexity index is 1010. The van der Waals surface area contributed by atoms with Crippen molar-refractivity contribution >= 4 is 11.9 Å². The van der Waals surface area contributed by atoms with E-state index in [1.807, 2.05) is 12.1 Å². The largest absolute Gasteiger partial charge is 0.497 e. The maximum Gasteiger partial charge on any atom is 0.387 e. The minimum Gasteiger partial charge on any atom is -0.497 e. The molecule has 0 radical (unpaired) electrons. The normalized spacial score (nSPS) is 10.9. The first-order valence-corrected chi connectivity index (χ1v) is 9.90. The molecule has 0 bridgehead atoms. The Balaban J connectivity index is 1.80. The number of ether oxygens (including phenoxy) is 2. The van der Waals surface area contributed by atoms with Crippen molar-refractivity contribution in [3.05, 3.63) is 66.0 Å². The van der Waals surface area contributed by atoms with Gasteiger partial charge in [0, 0.05) is 30.6 Å². The lowest BCUT2D eigenvalue weighted by Gasteiger charge is -2.10. The molecule has 170 valence electrons. The van der Waals surface area contributed by atoms with Crippen LogP contribution in [0.4, 0.5) is 14.7 Å². The van der Waals surface area contributed by atoms with Gasteiger partial charge in [-0.05, 0) is 61.5 Å². The Kier molecular flexibility index (Phi) is 8.12. The van der Waals surface area contributed by atoms with E-state index in [1.54, 1.807) is 30.0 Å². The van der Waals surface area contributed by atoms with E-state index in [4.69, 9.17) is 9.84 Å². The number of amides is 1. The molecule has 3 rings (SSSR count). The number of aliphatic hydroxyl groups is 1. The minimum atomic E-state index is -2.93. The van der Waals surface area contributed by atoms with Crippen LogP contribution in [0.2, 0.25) is 0 Å². The van der Waals surface area contributed by atoms with Crippen molar-refractivity contribution in [2.75, 3.05) is 25.6 Å². The summed E-state index contributed by atoms with van der Waals surface area (Å²) < 4.78 is 35.9. The molecule has 1 aromatic heterocycles. The monoisotopic (exact) mass is 446 g/mol. The molecule has 32 heavy (non-hydrogen) atoms. The number of methoxy groups -OCH3 is 1. The summed E-state index contributed by atoms with van der Waals surface area (Å²) in [6.45, 7) is -1.77. The third kappa shape index (κ3) is 6.25. The summed E-state index contributed by atoms with van der Waals surface area (Å²) >= 11 is 0. The van der Waals surface area contributed by atoms with Gasteiger partial charge in [0.1, 0.15) is 11.5 Å². The number of nitrogens with zero attached hydrogens (tertiary/aromatic N) is 2. The second-order valence-electron chi connectivity index (χ2n) is 6.73. The number of rotatable bonds is 11. The van der Waals surface area contributed by atoms with Crippen molar-refractivity contribution in [2.45, 2.75) is 19.6 Å². The van der Waals surface area contributed by atoms with Crippen LogP contribution < -0.4 is 20.1 Å². The first-order chi connectivity index (χ1) is 15.5. The molecule has 8 nitrogen and oxygen atoms in total. The molecule has 0 unspecified atom stereocenters. The number of aliphatic hydroxyl groups excluding tert-OH is 1. The molecule has 0 aliphatic heterocycles. The van der Waals surface area contributed by atoms with Gasteiger partial charge in [-0.1, -0.05) is 0 Å². The van der Waals surface area contributed by atoms with E-state index in [0.29, 0.717) is 36.9 Å². The number of hydrogen-bond acceptors (Lipinski definition) is 6. The Morgan fingerprint density at radius 1 is 1.12 bits per heavy atom. The van der Waals surface area contributed by atoms with Crippen molar-refractivity contribution in [3.63, 3.8) is 0 Å². The van der Waals surface area contributed by atoms with Crippen LogP contribution in [0.5, 0.6) is 11.5 Å². The maximum absolute atomic E-state index is 12.7. The third-order valence-electron chi connectivity index (χ3n) is 4.49. The summed E-state index contributed by atoms with van der Waals surface area (Å²) in [6, 6.07) is 12.6. The third-order valence-corrected chi connectivity index (χ3v) is 4.49. The number of halogens is 2. The highest BCUT2D eigenvalue weighted by molar-refractivity contribution is 6.03. The van der Waals surface area contributed by atoms with Crippen LogP contribution in [-0.4, -0.2) is 47.4 Å². The fourth-order valence-corrected chi connectivity index (χ4v) is 2.92. The van der Waals surface area contributed by atoms with E-state index in [9.17, 15) is 13.6 Å². The Hall–Kier alpha value is -3.50. The zero-order valence-corrected chi connectivity index (χ0v) is 17.4. The zero-order valence-electron chi connectivity index (χ0n) is 17.4. The second kappa shape index (κ2) is 11.2. The van der Waals surface area contributed by atoms with E-state index < -0.39 is 12.5 Å². The molecule has 0 saturated heterocycles. The summed E-state index contributed by atoms with van der Waals surface area (Å²) in [5.74, 6) is 0.504. The van der Waals surface area contributed by atoms with Crippen molar-refractivity contribution in [1.29, 1.82) is 0 Å². The number of alkyl halides is 2. The smallest absolute Gasteiger partial charge is 0.387 e. The standard InChI is InChI=1S/C22H24F2N4O4/c1-31-18-9-5-17(6-10-18)28-14-16(13-25-11-2-12-29)26-22(28)27-20(30)15-3-7-19(8-4-15)32-21(23)24/h3-10,14,21,25,29H,2,11-13H2,1H3,(H,26,27,30). The molecule has 0 fully saturated rings. The number of anilines is 1. The fourth-order valence-electron chi connectivity index (χ4n) is 2.92. The first-order valence-electron chi connectivity index (χ1n) is 9.90. The topological polar surface area (TPSA) is 97.6 Å². The van der Waals surface area contributed by atoms with E-state index in [0.717, 1.165) is 5.69 Å². The molecular formula is C22H24F2N4O4. The van der Waals surface area contributed by atoms with E-state index >= 15 is 0 Å². The summed E-state index contributed by atoms with van der Waals surface area (Å²) in [5.41, 5.74) is 1.71. The van der Waals surface area contributed by atoms with E-state index in [1.165, 1.54) is 24.3 Å². The van der Waals surface area contributed by atoms with Crippen LogP contribution in [0.25, 0.3) is 5.69 Å². The van der Waals surface area contributed by atoms with E-state index in [2.05, 4.69) is 20.4 Å². The van der Waals surface area contributed by atoms with Crippen LogP contribution in [-0.2, 0) is 6.54 Å². The highest BCUT2D eigenvalue weighted by Crippen LogP contribution is 2.21. The number of aromatic nitrogens is 2. The summed E-state index contributed by atoms with van der Waals surface area (Å²) in [6.07, 6.45) is 2.41. The van der Waals surface area contributed by atoms with Gasteiger partial charge in [-0.3, -0.25) is 14.7 Å². The maximum atomic E-state index is 12.7. The van der Waals surface area contributed by atoms with Gasteiger partial charge in [0.2, 0.25) is 5.95 Å². The average molecular weight is 446 g/mol. The van der Waals surface area contributed by atoms with Crippen molar-refractivity contribution in [3.8, 4) is 17.2 Å². The number of nitrogens with one attached hydrogen (secondary N) is 2. The fraction of sp³-hybridized carbons (Fsp3) is 0.273. The summed E-state index contributed by atoms with van der Waals surface area (Å²) in [4.78, 5) is 17.2. The molecule has 3 N–H and O–H groups in total. The average Bonchev–Trinajstić information content (AvgIpc) is 3.19. The molecule has 2 aromatic carbocycles. The molecule has 0 atom stereocenters. The first kappa shape index (κ1) is 23.2. The van der Waals surface area contributed by atoms with Crippen molar-refractivity contribution in [2.24, 2.45) is 0 Å². The lowest BCUT2D eigenvalue weighted by atomic mass is 10.2. The quantitative estimate of drug-likeness (QED) is 0.392. The van der Waals surface area contributed by atoms with Gasteiger partial charge in [0.15, 0.2) is 0 Å². The van der Waals surface area contributed by atoms with Gasteiger partial charge >= 0.3 is 6.61 Å². The highest BCUT2D eigenvalue weighted by Gasteiger charge is 2.15. The Morgan fingerprint density at radius 2 is 1.81 bits per heavy atom. The van der Waals surface area contributed by atoms with Gasteiger partial charge < -0.3 is 19.9 Å². The highest BCUT2D eigenvalue weighted by atomic mass is 19.3. The van der Waals surface area contributed by atoms with E-state index in [-0.39, 0.29) is 17.9 Å². The van der Waals surface area contributed by atoms with Crippen LogP contribution >= 0.6 is 0 Å². The zero-order chi connectivity index (χ0) is 22.9. The van der Waals surface area contributed by atoms with Gasteiger partial charge in [0.25, 0.3) is 5.91 Å². The molecule has 0 aliphatic rings. The lowest BCUT2D eigenvalue weighted by molar-refractivity contribution is -0.0498. The predicted octanol–water partition coefficient (Wildman–Crippen LogP) is 3.21. The lowest BCUT2D eigenvalue weighted by Crippen LogP contribution is -2.16. The predicted molar refractivity (Wildman–Crippen MR) is 115 cm³/mol. The Labute approximate surface area is 183 Å². The molecule has 0 saturated carbocycles. The van der Waals surface area contributed by atoms with Crippen LogP contribution in [0.1, 0.15) is 22.5 Å². The van der Waals surface area contributed by atoms with Gasteiger partial charge in [-0.15, -0.1) is 0 Å². The number of hydrogen-bond donors (Lipinski definition) is 3. The molecular weight excluding hydrogens is 422 g/mol. The molecule has 1 heterocycles. The molecule has 3 aromatic rings. The summed E-state index contributed by atoms with van der Waals surface area (Å²) in [5, 5.41) is 14.8.